The fraction of sp³-hybridized carbons (Fsp3) is 0.643. The van der Waals surface area contributed by atoms with Crippen molar-refractivity contribution in [3.05, 3.63) is 34.3 Å². The molecule has 9 nitrogen and oxygen atoms in total. The molecule has 37 heavy (non-hydrogen) atoms. The highest BCUT2D eigenvalue weighted by molar-refractivity contribution is 5.92. The molecule has 0 radical (unpaired) electrons. The van der Waals surface area contributed by atoms with Crippen LogP contribution in [0.1, 0.15) is 66.7 Å². The van der Waals surface area contributed by atoms with Crippen LogP contribution < -0.4 is 15.5 Å². The molecule has 0 saturated heterocycles. The van der Waals surface area contributed by atoms with Crippen molar-refractivity contribution in [2.45, 2.75) is 77.4 Å². The van der Waals surface area contributed by atoms with Crippen LogP contribution in [0.2, 0.25) is 0 Å². The van der Waals surface area contributed by atoms with Gasteiger partial charge in [0.15, 0.2) is 0 Å². The smallest absolute Gasteiger partial charge is 0.234 e. The number of carbonyl (C=O) groups is 1. The molecule has 0 spiro atoms. The van der Waals surface area contributed by atoms with Crippen LogP contribution in [0.5, 0.6) is 0 Å². The molecular weight excluding hydrogens is 464 g/mol. The lowest BCUT2D eigenvalue weighted by atomic mass is 9.57. The molecule has 3 N–H and O–H groups in total. The number of rotatable bonds is 8. The average molecular weight is 507 g/mol. The lowest BCUT2D eigenvalue weighted by molar-refractivity contribution is -0.126. The van der Waals surface area contributed by atoms with Crippen LogP contribution in [-0.2, 0) is 24.3 Å². The molecule has 0 unspecified atom stereocenters. The van der Waals surface area contributed by atoms with Crippen molar-refractivity contribution in [2.75, 3.05) is 44.4 Å². The van der Waals surface area contributed by atoms with E-state index in [1.54, 1.807) is 0 Å². The largest absolute Gasteiger partial charge is 0.373 e. The Morgan fingerprint density at radius 1 is 1.19 bits per heavy atom. The number of likely N-dealkylation sites (N-methyl/N-ethyl adjacent to an activating group) is 1. The van der Waals surface area contributed by atoms with Crippen molar-refractivity contribution in [1.82, 2.24) is 25.0 Å². The number of aryl methyl sites for hydroxylation is 2. The number of hydrogen-bond donors (Lipinski definition) is 3. The van der Waals surface area contributed by atoms with Gasteiger partial charge >= 0.3 is 0 Å². The summed E-state index contributed by atoms with van der Waals surface area (Å²) in [6.07, 6.45) is 9.04. The second-order valence-corrected chi connectivity index (χ2v) is 11.8. The SMILES string of the molecule is CNc1nc(C)cc(N2CCc3c(c(C)nn3CC34CCC(NC(=O)CN(C)C)(CC3)CC4)C2)c1C=N. The van der Waals surface area contributed by atoms with E-state index in [0.717, 1.165) is 93.0 Å². The highest BCUT2D eigenvalue weighted by atomic mass is 16.2. The molecule has 9 heteroatoms. The van der Waals surface area contributed by atoms with Crippen LogP contribution in [0.25, 0.3) is 0 Å². The predicted molar refractivity (Wildman–Crippen MR) is 148 cm³/mol. The van der Waals surface area contributed by atoms with E-state index in [4.69, 9.17) is 10.5 Å². The molecule has 200 valence electrons. The van der Waals surface area contributed by atoms with Gasteiger partial charge < -0.3 is 25.8 Å². The molecule has 0 aromatic carbocycles. The van der Waals surface area contributed by atoms with Crippen LogP contribution in [0.15, 0.2) is 6.07 Å². The van der Waals surface area contributed by atoms with E-state index in [0.29, 0.717) is 6.54 Å². The first-order valence-corrected chi connectivity index (χ1v) is 13.6. The summed E-state index contributed by atoms with van der Waals surface area (Å²) >= 11 is 0. The van der Waals surface area contributed by atoms with Crippen LogP contribution in [0.3, 0.4) is 0 Å². The molecule has 4 aliphatic rings. The molecule has 1 aliphatic heterocycles. The van der Waals surface area contributed by atoms with Gasteiger partial charge in [0.2, 0.25) is 5.91 Å². The van der Waals surface area contributed by atoms with E-state index in [1.165, 1.54) is 17.5 Å². The second kappa shape index (κ2) is 9.74. The topological polar surface area (TPSA) is 102 Å². The quantitative estimate of drug-likeness (QED) is 0.475. The van der Waals surface area contributed by atoms with Crippen molar-refractivity contribution in [1.29, 1.82) is 5.41 Å². The number of carbonyl (C=O) groups excluding carboxylic acids is 1. The first kappa shape index (κ1) is 25.7. The molecule has 0 atom stereocenters. The summed E-state index contributed by atoms with van der Waals surface area (Å²) in [5, 5.41) is 19.6. The number of aromatic nitrogens is 3. The zero-order valence-corrected chi connectivity index (χ0v) is 23.1. The molecule has 2 aromatic rings. The Kier molecular flexibility index (Phi) is 6.77. The molecule has 2 aromatic heterocycles. The Morgan fingerprint density at radius 3 is 2.51 bits per heavy atom. The number of nitrogens with zero attached hydrogens (tertiary/aromatic N) is 5. The van der Waals surface area contributed by atoms with Crippen molar-refractivity contribution in [2.24, 2.45) is 5.41 Å². The Bertz CT molecular complexity index is 1170. The van der Waals surface area contributed by atoms with Crippen molar-refractivity contribution in [3.63, 3.8) is 0 Å². The second-order valence-electron chi connectivity index (χ2n) is 11.8. The van der Waals surface area contributed by atoms with E-state index in [9.17, 15) is 4.79 Å². The lowest BCUT2D eigenvalue weighted by Crippen LogP contribution is -2.58. The van der Waals surface area contributed by atoms with E-state index in [2.05, 4.69) is 38.2 Å². The van der Waals surface area contributed by atoms with Gasteiger partial charge in [-0.25, -0.2) is 4.98 Å². The Hall–Kier alpha value is -2.94. The minimum atomic E-state index is -0.00372. The first-order chi connectivity index (χ1) is 17.7. The van der Waals surface area contributed by atoms with Gasteiger partial charge in [0.25, 0.3) is 0 Å². The van der Waals surface area contributed by atoms with Crippen LogP contribution in [0, 0.1) is 24.7 Å². The number of fused-ring (bicyclic) bond motifs is 4. The van der Waals surface area contributed by atoms with Gasteiger partial charge in [-0.1, -0.05) is 0 Å². The maximum absolute atomic E-state index is 12.5. The number of anilines is 2. The van der Waals surface area contributed by atoms with Gasteiger partial charge in [-0.3, -0.25) is 9.48 Å². The Labute approximate surface area is 220 Å². The molecular formula is C28H42N8O. The van der Waals surface area contributed by atoms with Gasteiger partial charge in [-0.05, 0) is 77.9 Å². The van der Waals surface area contributed by atoms with Gasteiger partial charge in [-0.15, -0.1) is 0 Å². The van der Waals surface area contributed by atoms with Gasteiger partial charge in [0.05, 0.1) is 23.5 Å². The normalized spacial score (nSPS) is 24.8. The molecule has 1 amide bonds. The van der Waals surface area contributed by atoms with E-state index < -0.39 is 0 Å². The predicted octanol–water partition coefficient (Wildman–Crippen LogP) is 3.27. The number of pyridine rings is 1. The summed E-state index contributed by atoms with van der Waals surface area (Å²) in [5.41, 5.74) is 6.96. The van der Waals surface area contributed by atoms with Crippen LogP contribution >= 0.6 is 0 Å². The summed E-state index contributed by atoms with van der Waals surface area (Å²) in [7, 11) is 5.75. The number of amides is 1. The maximum Gasteiger partial charge on any atom is 0.234 e. The highest BCUT2D eigenvalue weighted by Crippen LogP contribution is 2.53. The monoisotopic (exact) mass is 506 g/mol. The third kappa shape index (κ3) is 4.85. The fourth-order valence-electron chi connectivity index (χ4n) is 6.89. The molecule has 3 heterocycles. The summed E-state index contributed by atoms with van der Waals surface area (Å²) in [6, 6.07) is 2.10. The number of hydrogen-bond acceptors (Lipinski definition) is 7. The van der Waals surface area contributed by atoms with Crippen molar-refractivity contribution >= 4 is 23.6 Å². The third-order valence-electron chi connectivity index (χ3n) is 8.97. The Morgan fingerprint density at radius 2 is 1.89 bits per heavy atom. The molecule has 3 fully saturated rings. The van der Waals surface area contributed by atoms with Crippen molar-refractivity contribution in [3.8, 4) is 0 Å². The zero-order valence-electron chi connectivity index (χ0n) is 23.1. The van der Waals surface area contributed by atoms with E-state index in [1.807, 2.05) is 33.0 Å². The minimum absolute atomic E-state index is 0.00372. The van der Waals surface area contributed by atoms with Gasteiger partial charge in [-0.2, -0.15) is 5.10 Å². The van der Waals surface area contributed by atoms with Crippen LogP contribution in [0.4, 0.5) is 11.5 Å². The summed E-state index contributed by atoms with van der Waals surface area (Å²) in [4.78, 5) is 21.4. The average Bonchev–Trinajstić information content (AvgIpc) is 3.17. The first-order valence-electron chi connectivity index (χ1n) is 13.6. The number of nitrogens with one attached hydrogen (secondary N) is 3. The fourth-order valence-corrected chi connectivity index (χ4v) is 6.89. The van der Waals surface area contributed by atoms with Crippen molar-refractivity contribution < 1.29 is 4.79 Å². The summed E-state index contributed by atoms with van der Waals surface area (Å²) < 4.78 is 2.32. The minimum Gasteiger partial charge on any atom is -0.373 e. The van der Waals surface area contributed by atoms with E-state index in [-0.39, 0.29) is 16.9 Å². The molecule has 3 saturated carbocycles. The van der Waals surface area contributed by atoms with E-state index >= 15 is 0 Å². The molecule has 3 aliphatic carbocycles. The molecule has 6 rings (SSSR count). The standard InChI is InChI=1S/C28H42N8O/c1-19-14-24(21(15-29)26(30-3)31-19)35-13-6-23-22(16-35)20(2)33-36(23)18-27-7-10-28(11-8-27,12-9-27)32-25(37)17-34(4)5/h14-15,29H,6-13,16-18H2,1-5H3,(H,30,31)(H,32,37). The van der Waals surface area contributed by atoms with Gasteiger partial charge in [0, 0.05) is 61.8 Å². The zero-order chi connectivity index (χ0) is 26.4. The Balaban J connectivity index is 1.31. The molecule has 2 bridgehead atoms. The van der Waals surface area contributed by atoms with Crippen LogP contribution in [-0.4, -0.2) is 71.6 Å². The lowest BCUT2D eigenvalue weighted by Gasteiger charge is -2.53. The highest BCUT2D eigenvalue weighted by Gasteiger charge is 2.49. The van der Waals surface area contributed by atoms with Gasteiger partial charge in [0.1, 0.15) is 5.82 Å². The maximum atomic E-state index is 12.5. The third-order valence-corrected chi connectivity index (χ3v) is 8.97. The summed E-state index contributed by atoms with van der Waals surface area (Å²) in [5.74, 6) is 0.907. The summed E-state index contributed by atoms with van der Waals surface area (Å²) in [6.45, 7) is 7.29.